The molecule has 0 unspecified atom stereocenters. The van der Waals surface area contributed by atoms with Crippen molar-refractivity contribution in [3.8, 4) is 0 Å². The molecule has 0 atom stereocenters. The molecule has 0 heterocycles. The number of rotatable bonds is 0. The average molecular weight is 159 g/mol. The first kappa shape index (κ1) is 10.2. The first-order chi connectivity index (χ1) is 5.13. The van der Waals surface area contributed by atoms with Crippen LogP contribution in [0.2, 0.25) is 0 Å². The summed E-state index contributed by atoms with van der Waals surface area (Å²) in [5, 5.41) is 0. The lowest BCUT2D eigenvalue weighted by molar-refractivity contribution is 0.256. The van der Waals surface area contributed by atoms with Crippen molar-refractivity contribution in [3.63, 3.8) is 0 Å². The van der Waals surface area contributed by atoms with Crippen molar-refractivity contribution < 1.29 is 4.79 Å². The van der Waals surface area contributed by atoms with E-state index >= 15 is 0 Å². The zero-order valence-corrected chi connectivity index (χ0v) is 6.75. The third-order valence-electron chi connectivity index (χ3n) is 1.65. The summed E-state index contributed by atoms with van der Waals surface area (Å²) in [5.74, 6) is 0. The summed E-state index contributed by atoms with van der Waals surface area (Å²) >= 11 is 0. The maximum atomic E-state index is 9.00. The third kappa shape index (κ3) is 9.23. The Kier molecular flexibility index (Phi) is 5.56. The quantitative estimate of drug-likeness (QED) is 0.474. The Morgan fingerprint density at radius 2 is 1.45 bits per heavy atom. The Hall–Kier alpha value is -0.770. The molecule has 0 bridgehead atoms. The summed E-state index contributed by atoms with van der Waals surface area (Å²) in [6.07, 6.45) is 6.66. The number of hydrogen-bond donors (Lipinski definition) is 3. The number of carbonyl (C=O) groups excluding carboxylic acids is 1. The van der Waals surface area contributed by atoms with E-state index in [1.54, 1.807) is 0 Å². The molecule has 11 heavy (non-hydrogen) atoms. The monoisotopic (exact) mass is 159 g/mol. The largest absolute Gasteiger partial charge is 0.352 e. The molecule has 2 amide bonds. The molecule has 1 aliphatic carbocycles. The van der Waals surface area contributed by atoms with Crippen molar-refractivity contribution in [2.24, 2.45) is 17.2 Å². The summed E-state index contributed by atoms with van der Waals surface area (Å²) in [7, 11) is 0. The van der Waals surface area contributed by atoms with Crippen LogP contribution in [0, 0.1) is 0 Å². The Bertz CT molecular complexity index is 106. The van der Waals surface area contributed by atoms with Crippen LogP contribution in [0.1, 0.15) is 32.1 Å². The molecular formula is C7H17N3O. The smallest absolute Gasteiger partial charge is 0.309 e. The predicted octanol–water partition coefficient (Wildman–Crippen LogP) is 0.302. The predicted molar refractivity (Wildman–Crippen MR) is 44.8 cm³/mol. The molecule has 0 radical (unpaired) electrons. The summed E-state index contributed by atoms with van der Waals surface area (Å²) < 4.78 is 0. The van der Waals surface area contributed by atoms with Gasteiger partial charge in [-0.25, -0.2) is 4.79 Å². The topological polar surface area (TPSA) is 95.1 Å². The van der Waals surface area contributed by atoms with E-state index in [1.807, 2.05) is 0 Å². The number of hydrogen-bond acceptors (Lipinski definition) is 2. The van der Waals surface area contributed by atoms with Crippen molar-refractivity contribution in [1.29, 1.82) is 0 Å². The number of carbonyl (C=O) groups is 1. The molecule has 0 saturated heterocycles. The number of nitrogens with two attached hydrogens (primary N) is 3. The molecular weight excluding hydrogens is 142 g/mol. The van der Waals surface area contributed by atoms with Crippen LogP contribution in [-0.4, -0.2) is 12.1 Å². The van der Waals surface area contributed by atoms with E-state index in [-0.39, 0.29) is 0 Å². The van der Waals surface area contributed by atoms with Gasteiger partial charge in [-0.1, -0.05) is 19.3 Å². The molecule has 0 spiro atoms. The van der Waals surface area contributed by atoms with Crippen LogP contribution in [0.5, 0.6) is 0 Å². The molecule has 0 aromatic heterocycles. The Morgan fingerprint density at radius 1 is 1.09 bits per heavy atom. The molecule has 0 aliphatic heterocycles. The van der Waals surface area contributed by atoms with Gasteiger partial charge in [0.2, 0.25) is 0 Å². The Balaban J connectivity index is 0.000000218. The second kappa shape index (κ2) is 5.97. The molecule has 1 saturated carbocycles. The van der Waals surface area contributed by atoms with Gasteiger partial charge in [0.1, 0.15) is 0 Å². The van der Waals surface area contributed by atoms with E-state index in [2.05, 4.69) is 11.5 Å². The second-order valence-electron chi connectivity index (χ2n) is 2.80. The van der Waals surface area contributed by atoms with Crippen LogP contribution in [0.4, 0.5) is 4.79 Å². The fourth-order valence-corrected chi connectivity index (χ4v) is 1.13. The zero-order valence-electron chi connectivity index (χ0n) is 6.75. The molecule has 0 aromatic carbocycles. The van der Waals surface area contributed by atoms with Crippen LogP contribution < -0.4 is 17.2 Å². The highest BCUT2D eigenvalue weighted by atomic mass is 16.2. The van der Waals surface area contributed by atoms with Gasteiger partial charge >= 0.3 is 6.03 Å². The van der Waals surface area contributed by atoms with Crippen molar-refractivity contribution >= 4 is 6.03 Å². The molecule has 6 N–H and O–H groups in total. The SMILES string of the molecule is NC(N)=O.NC1CCCCC1. The van der Waals surface area contributed by atoms with Crippen molar-refractivity contribution in [3.05, 3.63) is 0 Å². The van der Waals surface area contributed by atoms with Gasteiger partial charge in [0.15, 0.2) is 0 Å². The van der Waals surface area contributed by atoms with Crippen molar-refractivity contribution in [2.45, 2.75) is 38.1 Å². The van der Waals surface area contributed by atoms with Crippen LogP contribution in [-0.2, 0) is 0 Å². The van der Waals surface area contributed by atoms with Gasteiger partial charge < -0.3 is 17.2 Å². The summed E-state index contributed by atoms with van der Waals surface area (Å²) in [6.45, 7) is 0. The first-order valence-electron chi connectivity index (χ1n) is 3.93. The van der Waals surface area contributed by atoms with Crippen LogP contribution >= 0.6 is 0 Å². The molecule has 1 aliphatic rings. The fraction of sp³-hybridized carbons (Fsp3) is 0.857. The molecule has 1 rings (SSSR count). The fourth-order valence-electron chi connectivity index (χ4n) is 1.13. The lowest BCUT2D eigenvalue weighted by atomic mass is 9.97. The minimum Gasteiger partial charge on any atom is -0.352 e. The lowest BCUT2D eigenvalue weighted by Gasteiger charge is -2.15. The minimum absolute atomic E-state index is 0.536. The number of amides is 2. The van der Waals surface area contributed by atoms with E-state index in [1.165, 1.54) is 32.1 Å². The molecule has 1 fully saturated rings. The van der Waals surface area contributed by atoms with Crippen LogP contribution in [0.15, 0.2) is 0 Å². The maximum absolute atomic E-state index is 9.00. The van der Waals surface area contributed by atoms with E-state index in [9.17, 15) is 0 Å². The highest BCUT2D eigenvalue weighted by Crippen LogP contribution is 2.14. The van der Waals surface area contributed by atoms with Gasteiger partial charge in [-0.15, -0.1) is 0 Å². The Labute approximate surface area is 67.1 Å². The summed E-state index contributed by atoms with van der Waals surface area (Å²) in [6, 6.07) is -0.297. The summed E-state index contributed by atoms with van der Waals surface area (Å²) in [5.41, 5.74) is 14.1. The average Bonchev–Trinajstić information content (AvgIpc) is 1.87. The molecule has 4 nitrogen and oxygen atoms in total. The van der Waals surface area contributed by atoms with E-state index in [4.69, 9.17) is 10.5 Å². The lowest BCUT2D eigenvalue weighted by Crippen LogP contribution is -2.22. The highest BCUT2D eigenvalue weighted by molar-refractivity contribution is 5.69. The highest BCUT2D eigenvalue weighted by Gasteiger charge is 2.06. The first-order valence-corrected chi connectivity index (χ1v) is 3.93. The standard InChI is InChI=1S/C6H13N.CH4N2O/c7-6-4-2-1-3-5-6;2-1(3)4/h6H,1-5,7H2;(H4,2,3,4). The maximum Gasteiger partial charge on any atom is 0.309 e. The van der Waals surface area contributed by atoms with Crippen LogP contribution in [0.25, 0.3) is 0 Å². The molecule has 4 heteroatoms. The van der Waals surface area contributed by atoms with E-state index in [0.29, 0.717) is 6.04 Å². The van der Waals surface area contributed by atoms with E-state index in [0.717, 1.165) is 0 Å². The van der Waals surface area contributed by atoms with Gasteiger partial charge in [0.05, 0.1) is 0 Å². The van der Waals surface area contributed by atoms with Gasteiger partial charge in [-0.05, 0) is 12.8 Å². The zero-order chi connectivity index (χ0) is 8.69. The number of primary amides is 2. The van der Waals surface area contributed by atoms with E-state index < -0.39 is 6.03 Å². The normalized spacial score (nSPS) is 18.3. The molecule has 66 valence electrons. The third-order valence-corrected chi connectivity index (χ3v) is 1.65. The number of urea groups is 1. The van der Waals surface area contributed by atoms with Gasteiger partial charge in [-0.2, -0.15) is 0 Å². The van der Waals surface area contributed by atoms with Crippen molar-refractivity contribution in [1.82, 2.24) is 0 Å². The second-order valence-corrected chi connectivity index (χ2v) is 2.80. The summed E-state index contributed by atoms with van der Waals surface area (Å²) in [4.78, 5) is 9.00. The van der Waals surface area contributed by atoms with Gasteiger partial charge in [0, 0.05) is 6.04 Å². The molecule has 0 aromatic rings. The minimum atomic E-state index is -0.833. The Morgan fingerprint density at radius 3 is 1.64 bits per heavy atom. The van der Waals surface area contributed by atoms with Crippen molar-refractivity contribution in [2.75, 3.05) is 0 Å². The van der Waals surface area contributed by atoms with Gasteiger partial charge in [-0.3, -0.25) is 0 Å². The van der Waals surface area contributed by atoms with Gasteiger partial charge in [0.25, 0.3) is 0 Å². The van der Waals surface area contributed by atoms with Crippen LogP contribution in [0.3, 0.4) is 0 Å².